The molecule has 8 heteroatoms. The molecule has 1 aliphatic heterocycles. The summed E-state index contributed by atoms with van der Waals surface area (Å²) in [4.78, 5) is 25.4. The van der Waals surface area contributed by atoms with E-state index in [1.54, 1.807) is 11.1 Å². The number of hydrogen-bond donors (Lipinski definition) is 1. The number of aromatic amines is 1. The van der Waals surface area contributed by atoms with E-state index >= 15 is 0 Å². The highest BCUT2D eigenvalue weighted by Gasteiger charge is 2.33. The number of aromatic nitrogens is 3. The molecule has 4 heterocycles. The lowest BCUT2D eigenvalue weighted by Crippen LogP contribution is -2.39. The summed E-state index contributed by atoms with van der Waals surface area (Å²) in [5, 5.41) is 0. The predicted molar refractivity (Wildman–Crippen MR) is 93.2 cm³/mol. The summed E-state index contributed by atoms with van der Waals surface area (Å²) in [5.74, 6) is -0.158. The van der Waals surface area contributed by atoms with Gasteiger partial charge in [-0.15, -0.1) is 0 Å². The fourth-order valence-corrected chi connectivity index (χ4v) is 3.48. The molecule has 0 aromatic carbocycles. The first-order valence-electron chi connectivity index (χ1n) is 8.68. The van der Waals surface area contributed by atoms with Gasteiger partial charge in [0.2, 0.25) is 0 Å². The maximum atomic E-state index is 12.7. The number of halogens is 3. The Hall–Kier alpha value is -2.90. The van der Waals surface area contributed by atoms with Crippen LogP contribution in [-0.4, -0.2) is 38.8 Å². The van der Waals surface area contributed by atoms with Crippen LogP contribution < -0.4 is 0 Å². The van der Waals surface area contributed by atoms with E-state index in [2.05, 4.69) is 15.0 Å². The molecule has 1 saturated heterocycles. The van der Waals surface area contributed by atoms with Gasteiger partial charge in [0.1, 0.15) is 5.69 Å². The molecule has 1 unspecified atom stereocenters. The molecule has 5 nitrogen and oxygen atoms in total. The molecule has 1 N–H and O–H groups in total. The van der Waals surface area contributed by atoms with Gasteiger partial charge >= 0.3 is 6.18 Å². The van der Waals surface area contributed by atoms with Crippen molar-refractivity contribution in [3.05, 3.63) is 59.7 Å². The molecule has 140 valence electrons. The minimum absolute atomic E-state index is 0.138. The van der Waals surface area contributed by atoms with E-state index in [1.165, 1.54) is 6.07 Å². The molecule has 0 bridgehead atoms. The van der Waals surface area contributed by atoms with Gasteiger partial charge in [-0.1, -0.05) is 0 Å². The fourth-order valence-electron chi connectivity index (χ4n) is 3.48. The molecule has 0 spiro atoms. The molecule has 0 radical (unpaired) electrons. The molecular weight excluding hydrogens is 357 g/mol. The Balaban J connectivity index is 1.51. The van der Waals surface area contributed by atoms with Gasteiger partial charge in [0.05, 0.1) is 16.6 Å². The average molecular weight is 374 g/mol. The summed E-state index contributed by atoms with van der Waals surface area (Å²) in [6.45, 7) is 1.08. The molecule has 3 aromatic heterocycles. The summed E-state index contributed by atoms with van der Waals surface area (Å²) in [5.41, 5.74) is 2.01. The van der Waals surface area contributed by atoms with Crippen LogP contribution in [0.15, 0.2) is 42.7 Å². The number of hydrogen-bond acceptors (Lipinski definition) is 3. The Morgan fingerprint density at radius 2 is 2.07 bits per heavy atom. The van der Waals surface area contributed by atoms with Gasteiger partial charge in [0.25, 0.3) is 5.91 Å². The lowest BCUT2D eigenvalue weighted by Gasteiger charge is -2.32. The number of H-pyrrole nitrogens is 1. The number of pyridine rings is 2. The minimum atomic E-state index is -4.51. The second-order valence-electron chi connectivity index (χ2n) is 6.68. The van der Waals surface area contributed by atoms with Gasteiger partial charge in [-0.05, 0) is 43.2 Å². The number of fused-ring (bicyclic) bond motifs is 1. The van der Waals surface area contributed by atoms with Gasteiger partial charge in [-0.25, -0.2) is 0 Å². The highest BCUT2D eigenvalue weighted by Crippen LogP contribution is 2.30. The summed E-state index contributed by atoms with van der Waals surface area (Å²) in [6.07, 6.45) is -0.0214. The van der Waals surface area contributed by atoms with Crippen molar-refractivity contribution < 1.29 is 18.0 Å². The fraction of sp³-hybridized carbons (Fsp3) is 0.316. The van der Waals surface area contributed by atoms with Crippen molar-refractivity contribution in [3.63, 3.8) is 0 Å². The third kappa shape index (κ3) is 3.51. The van der Waals surface area contributed by atoms with Crippen LogP contribution in [0.5, 0.6) is 0 Å². The predicted octanol–water partition coefficient (Wildman–Crippen LogP) is 4.00. The number of alkyl halides is 3. The highest BCUT2D eigenvalue weighted by molar-refractivity contribution is 5.94. The molecule has 0 saturated carbocycles. The van der Waals surface area contributed by atoms with Gasteiger partial charge in [-0.2, -0.15) is 13.2 Å². The van der Waals surface area contributed by atoms with Crippen LogP contribution in [-0.2, 0) is 6.18 Å². The van der Waals surface area contributed by atoms with E-state index in [1.807, 2.05) is 18.2 Å². The lowest BCUT2D eigenvalue weighted by molar-refractivity contribution is -0.141. The lowest BCUT2D eigenvalue weighted by atomic mass is 9.94. The smallest absolute Gasteiger partial charge is 0.357 e. The Labute approximate surface area is 153 Å². The van der Waals surface area contributed by atoms with Crippen LogP contribution in [0, 0.1) is 0 Å². The first-order chi connectivity index (χ1) is 12.9. The maximum absolute atomic E-state index is 12.7. The number of amides is 1. The minimum Gasteiger partial charge on any atom is -0.357 e. The average Bonchev–Trinajstić information content (AvgIpc) is 3.11. The van der Waals surface area contributed by atoms with Crippen molar-refractivity contribution in [1.82, 2.24) is 19.9 Å². The summed E-state index contributed by atoms with van der Waals surface area (Å²) in [6, 6.07) is 7.84. The monoisotopic (exact) mass is 374 g/mol. The first-order valence-corrected chi connectivity index (χ1v) is 8.68. The van der Waals surface area contributed by atoms with E-state index in [9.17, 15) is 18.0 Å². The molecule has 0 aliphatic carbocycles. The van der Waals surface area contributed by atoms with E-state index < -0.39 is 11.9 Å². The van der Waals surface area contributed by atoms with Gasteiger partial charge in [-0.3, -0.25) is 14.8 Å². The molecule has 1 fully saturated rings. The number of carbonyl (C=O) groups is 1. The van der Waals surface area contributed by atoms with Crippen molar-refractivity contribution in [2.24, 2.45) is 0 Å². The van der Waals surface area contributed by atoms with E-state index in [4.69, 9.17) is 0 Å². The number of likely N-dealkylation sites (tertiary alicyclic amines) is 1. The number of piperidine rings is 1. The van der Waals surface area contributed by atoms with E-state index in [0.717, 1.165) is 41.8 Å². The summed E-state index contributed by atoms with van der Waals surface area (Å²) >= 11 is 0. The van der Waals surface area contributed by atoms with Crippen molar-refractivity contribution in [2.75, 3.05) is 13.1 Å². The molecule has 27 heavy (non-hydrogen) atoms. The number of carbonyl (C=O) groups excluding carboxylic acids is 1. The quantitative estimate of drug-likeness (QED) is 0.738. The molecule has 1 amide bonds. The van der Waals surface area contributed by atoms with Crippen LogP contribution in [0.25, 0.3) is 11.0 Å². The molecule has 4 rings (SSSR count). The Morgan fingerprint density at radius 3 is 2.78 bits per heavy atom. The first kappa shape index (κ1) is 17.5. The standard InChI is InChI=1S/C19H17F3N4O/c20-19(21,22)17-6-5-12(10-24-17)18(27)26-8-2-3-13(11-26)15-9-16-14(25-15)4-1-7-23-16/h1,4-7,9-10,13,25H,2-3,8,11H2. The van der Waals surface area contributed by atoms with Crippen molar-refractivity contribution in [1.29, 1.82) is 0 Å². The van der Waals surface area contributed by atoms with Crippen molar-refractivity contribution in [2.45, 2.75) is 24.9 Å². The van der Waals surface area contributed by atoms with Crippen LogP contribution in [0.4, 0.5) is 13.2 Å². The van der Waals surface area contributed by atoms with Crippen LogP contribution in [0.1, 0.15) is 40.5 Å². The zero-order valence-corrected chi connectivity index (χ0v) is 14.3. The maximum Gasteiger partial charge on any atom is 0.433 e. The zero-order valence-electron chi connectivity index (χ0n) is 14.3. The van der Waals surface area contributed by atoms with Gasteiger partial charge in [0.15, 0.2) is 0 Å². The normalized spacial score (nSPS) is 18.0. The SMILES string of the molecule is O=C(c1ccc(C(F)(F)F)nc1)N1CCCC(c2cc3ncccc3[nH]2)C1. The number of nitrogens with one attached hydrogen (secondary N) is 1. The summed E-state index contributed by atoms with van der Waals surface area (Å²) < 4.78 is 37.9. The van der Waals surface area contributed by atoms with Gasteiger partial charge in [0, 0.05) is 37.1 Å². The zero-order chi connectivity index (χ0) is 19.0. The molecule has 1 aliphatic rings. The van der Waals surface area contributed by atoms with Gasteiger partial charge < -0.3 is 9.88 Å². The molecular formula is C19H17F3N4O. The van der Waals surface area contributed by atoms with Crippen molar-refractivity contribution >= 4 is 16.9 Å². The Bertz CT molecular complexity index is 932. The number of rotatable bonds is 2. The second kappa shape index (κ2) is 6.68. The highest BCUT2D eigenvalue weighted by atomic mass is 19.4. The summed E-state index contributed by atoms with van der Waals surface area (Å²) in [7, 11) is 0. The molecule has 1 atom stereocenters. The largest absolute Gasteiger partial charge is 0.433 e. The molecule has 3 aromatic rings. The van der Waals surface area contributed by atoms with Crippen LogP contribution in [0.2, 0.25) is 0 Å². The van der Waals surface area contributed by atoms with Crippen LogP contribution in [0.3, 0.4) is 0 Å². The third-order valence-electron chi connectivity index (χ3n) is 4.86. The van der Waals surface area contributed by atoms with Crippen molar-refractivity contribution in [3.8, 4) is 0 Å². The second-order valence-corrected chi connectivity index (χ2v) is 6.68. The Morgan fingerprint density at radius 1 is 1.22 bits per heavy atom. The third-order valence-corrected chi connectivity index (χ3v) is 4.86. The van der Waals surface area contributed by atoms with E-state index in [-0.39, 0.29) is 17.4 Å². The Kier molecular flexibility index (Phi) is 4.33. The van der Waals surface area contributed by atoms with E-state index in [0.29, 0.717) is 13.1 Å². The van der Waals surface area contributed by atoms with Crippen LogP contribution >= 0.6 is 0 Å². The number of nitrogens with zero attached hydrogens (tertiary/aromatic N) is 3. The topological polar surface area (TPSA) is 61.9 Å².